The molecule has 1 N–H and O–H groups in total. The summed E-state index contributed by atoms with van der Waals surface area (Å²) in [5.41, 5.74) is 1.26. The molecule has 0 heterocycles. The molecule has 1 aromatic carbocycles. The van der Waals surface area contributed by atoms with Gasteiger partial charge in [0, 0.05) is 12.1 Å². The normalized spacial score (nSPS) is 15.5. The smallest absolute Gasteiger partial charge is 0.160 e. The van der Waals surface area contributed by atoms with Gasteiger partial charge in [0.2, 0.25) is 0 Å². The highest BCUT2D eigenvalue weighted by molar-refractivity contribution is 5.43. The lowest BCUT2D eigenvalue weighted by Gasteiger charge is -2.24. The molecule has 1 rings (SSSR count). The van der Waals surface area contributed by atoms with Gasteiger partial charge in [-0.2, -0.15) is 0 Å². The molecule has 3 heteroatoms. The molecule has 0 bridgehead atoms. The predicted octanol–water partition coefficient (Wildman–Crippen LogP) is 3.66. The molecule has 1 aromatic rings. The van der Waals surface area contributed by atoms with E-state index in [1.54, 1.807) is 14.2 Å². The Morgan fingerprint density at radius 2 is 1.70 bits per heavy atom. The Bertz CT molecular complexity index is 406. The zero-order chi connectivity index (χ0) is 15.1. The van der Waals surface area contributed by atoms with E-state index in [0.29, 0.717) is 18.0 Å². The van der Waals surface area contributed by atoms with E-state index in [2.05, 4.69) is 45.1 Å². The number of benzene rings is 1. The van der Waals surface area contributed by atoms with E-state index < -0.39 is 0 Å². The summed E-state index contributed by atoms with van der Waals surface area (Å²) in [5.74, 6) is 2.28. The number of rotatable bonds is 8. The van der Waals surface area contributed by atoms with Gasteiger partial charge in [-0.15, -0.1) is 0 Å². The van der Waals surface area contributed by atoms with Gasteiger partial charge >= 0.3 is 0 Å². The topological polar surface area (TPSA) is 30.5 Å². The van der Waals surface area contributed by atoms with Crippen LogP contribution in [-0.4, -0.2) is 26.3 Å². The van der Waals surface area contributed by atoms with Crippen LogP contribution in [0, 0.1) is 5.92 Å². The zero-order valence-corrected chi connectivity index (χ0v) is 13.7. The number of methoxy groups -OCH3 is 2. The second-order valence-corrected chi connectivity index (χ2v) is 5.64. The summed E-state index contributed by atoms with van der Waals surface area (Å²) >= 11 is 0. The molecular formula is C17H29NO2. The Balaban J connectivity index is 2.64. The molecule has 0 aliphatic carbocycles. The van der Waals surface area contributed by atoms with Gasteiger partial charge in [-0.1, -0.05) is 26.3 Å². The highest BCUT2D eigenvalue weighted by Gasteiger charge is 2.14. The van der Waals surface area contributed by atoms with Crippen molar-refractivity contribution >= 4 is 0 Å². The lowest BCUT2D eigenvalue weighted by atomic mass is 9.98. The average Bonchev–Trinajstić information content (AvgIpc) is 2.45. The molecule has 0 spiro atoms. The van der Waals surface area contributed by atoms with Gasteiger partial charge in [0.25, 0.3) is 0 Å². The van der Waals surface area contributed by atoms with Crippen LogP contribution < -0.4 is 14.8 Å². The quantitative estimate of drug-likeness (QED) is 0.788. The van der Waals surface area contributed by atoms with Crippen LogP contribution in [0.4, 0.5) is 0 Å². The first kappa shape index (κ1) is 16.8. The molecule has 0 aliphatic heterocycles. The molecule has 0 fully saturated rings. The van der Waals surface area contributed by atoms with Crippen molar-refractivity contribution in [3.63, 3.8) is 0 Å². The van der Waals surface area contributed by atoms with E-state index in [4.69, 9.17) is 9.47 Å². The van der Waals surface area contributed by atoms with Crippen LogP contribution in [0.5, 0.6) is 11.5 Å². The third kappa shape index (κ3) is 4.71. The van der Waals surface area contributed by atoms with Crippen LogP contribution >= 0.6 is 0 Å². The largest absolute Gasteiger partial charge is 0.493 e. The van der Waals surface area contributed by atoms with Gasteiger partial charge in [-0.05, 0) is 43.9 Å². The Kier molecular flexibility index (Phi) is 6.86. The summed E-state index contributed by atoms with van der Waals surface area (Å²) in [6.45, 7) is 9.03. The van der Waals surface area contributed by atoms with Crippen molar-refractivity contribution in [2.75, 3.05) is 14.2 Å². The highest BCUT2D eigenvalue weighted by Crippen LogP contribution is 2.28. The molecule has 0 radical (unpaired) electrons. The molecule has 0 amide bonds. The molecule has 3 nitrogen and oxygen atoms in total. The van der Waals surface area contributed by atoms with Gasteiger partial charge in [0.15, 0.2) is 11.5 Å². The first-order valence-corrected chi connectivity index (χ1v) is 7.48. The molecule has 0 aromatic heterocycles. The molecule has 0 aliphatic rings. The minimum atomic E-state index is 0.442. The van der Waals surface area contributed by atoms with Crippen LogP contribution in [-0.2, 0) is 6.42 Å². The average molecular weight is 279 g/mol. The predicted molar refractivity (Wildman–Crippen MR) is 84.8 cm³/mol. The summed E-state index contributed by atoms with van der Waals surface area (Å²) in [6.07, 6.45) is 2.19. The van der Waals surface area contributed by atoms with Crippen molar-refractivity contribution in [2.24, 2.45) is 5.92 Å². The Morgan fingerprint density at radius 3 is 2.25 bits per heavy atom. The number of hydrogen-bond acceptors (Lipinski definition) is 3. The summed E-state index contributed by atoms with van der Waals surface area (Å²) in [7, 11) is 3.34. The molecule has 20 heavy (non-hydrogen) atoms. The van der Waals surface area contributed by atoms with Crippen LogP contribution in [0.1, 0.15) is 39.7 Å². The first-order chi connectivity index (χ1) is 9.51. The second-order valence-electron chi connectivity index (χ2n) is 5.64. The maximum Gasteiger partial charge on any atom is 0.160 e. The third-order valence-electron chi connectivity index (χ3n) is 4.03. The number of nitrogens with one attached hydrogen (secondary N) is 1. The molecule has 114 valence electrons. The summed E-state index contributed by atoms with van der Waals surface area (Å²) in [6, 6.07) is 7.12. The van der Waals surface area contributed by atoms with Crippen LogP contribution in [0.2, 0.25) is 0 Å². The SMILES string of the molecule is CCC(C)C(C)NC(C)Cc1ccc(OC)c(OC)c1. The molecular weight excluding hydrogens is 250 g/mol. The van der Waals surface area contributed by atoms with E-state index in [1.165, 1.54) is 12.0 Å². The van der Waals surface area contributed by atoms with E-state index >= 15 is 0 Å². The first-order valence-electron chi connectivity index (χ1n) is 7.48. The Hall–Kier alpha value is -1.22. The fourth-order valence-corrected chi connectivity index (χ4v) is 2.39. The van der Waals surface area contributed by atoms with E-state index in [9.17, 15) is 0 Å². The molecule has 3 atom stereocenters. The Morgan fingerprint density at radius 1 is 1.05 bits per heavy atom. The monoisotopic (exact) mass is 279 g/mol. The van der Waals surface area contributed by atoms with Crippen molar-refractivity contribution in [3.05, 3.63) is 23.8 Å². The van der Waals surface area contributed by atoms with Gasteiger partial charge in [-0.25, -0.2) is 0 Å². The summed E-state index contributed by atoms with van der Waals surface area (Å²) < 4.78 is 10.6. The number of hydrogen-bond donors (Lipinski definition) is 1. The maximum absolute atomic E-state index is 5.35. The number of ether oxygens (including phenoxy) is 2. The zero-order valence-electron chi connectivity index (χ0n) is 13.7. The minimum absolute atomic E-state index is 0.442. The van der Waals surface area contributed by atoms with Crippen molar-refractivity contribution < 1.29 is 9.47 Å². The van der Waals surface area contributed by atoms with Crippen LogP contribution in [0.25, 0.3) is 0 Å². The lowest BCUT2D eigenvalue weighted by Crippen LogP contribution is -2.39. The Labute approximate surface area is 123 Å². The lowest BCUT2D eigenvalue weighted by molar-refractivity contribution is 0.350. The third-order valence-corrected chi connectivity index (χ3v) is 4.03. The minimum Gasteiger partial charge on any atom is -0.493 e. The summed E-state index contributed by atoms with van der Waals surface area (Å²) in [5, 5.41) is 3.67. The van der Waals surface area contributed by atoms with Crippen LogP contribution in [0.15, 0.2) is 18.2 Å². The highest BCUT2D eigenvalue weighted by atomic mass is 16.5. The summed E-state index contributed by atoms with van der Waals surface area (Å²) in [4.78, 5) is 0. The van der Waals surface area contributed by atoms with Gasteiger partial charge < -0.3 is 14.8 Å². The standard InChI is InChI=1S/C17H29NO2/c1-7-12(2)14(4)18-13(3)10-15-8-9-16(19-5)17(11-15)20-6/h8-9,11-14,18H,7,10H2,1-6H3. The van der Waals surface area contributed by atoms with Crippen molar-refractivity contribution in [2.45, 2.75) is 52.6 Å². The molecule has 3 unspecified atom stereocenters. The maximum atomic E-state index is 5.35. The van der Waals surface area contributed by atoms with Crippen molar-refractivity contribution in [3.8, 4) is 11.5 Å². The van der Waals surface area contributed by atoms with Crippen LogP contribution in [0.3, 0.4) is 0 Å². The van der Waals surface area contributed by atoms with Crippen molar-refractivity contribution in [1.82, 2.24) is 5.32 Å². The fourth-order valence-electron chi connectivity index (χ4n) is 2.39. The van der Waals surface area contributed by atoms with E-state index in [0.717, 1.165) is 17.9 Å². The fraction of sp³-hybridized carbons (Fsp3) is 0.647. The van der Waals surface area contributed by atoms with Crippen molar-refractivity contribution in [1.29, 1.82) is 0 Å². The van der Waals surface area contributed by atoms with E-state index in [-0.39, 0.29) is 0 Å². The van der Waals surface area contributed by atoms with Gasteiger partial charge in [-0.3, -0.25) is 0 Å². The molecule has 0 saturated carbocycles. The van der Waals surface area contributed by atoms with E-state index in [1.807, 2.05) is 6.07 Å². The molecule has 0 saturated heterocycles. The van der Waals surface area contributed by atoms with Gasteiger partial charge in [0.1, 0.15) is 0 Å². The van der Waals surface area contributed by atoms with Gasteiger partial charge in [0.05, 0.1) is 14.2 Å². The second kappa shape index (κ2) is 8.15.